The second-order valence-electron chi connectivity index (χ2n) is 10.9. The first kappa shape index (κ1) is 33.0. The quantitative estimate of drug-likeness (QED) is 0.0610. The third kappa shape index (κ3) is 7.71. The zero-order valence-corrected chi connectivity index (χ0v) is 26.4. The molecule has 1 aliphatic rings. The van der Waals surface area contributed by atoms with E-state index in [1.165, 1.54) is 13.3 Å². The number of hydrogen-bond donors (Lipinski definition) is 3. The van der Waals surface area contributed by atoms with Gasteiger partial charge < -0.3 is 24.7 Å². The van der Waals surface area contributed by atoms with Crippen LogP contribution in [0.25, 0.3) is 21.9 Å². The number of aromatic nitrogens is 4. The van der Waals surface area contributed by atoms with Crippen molar-refractivity contribution in [1.29, 1.82) is 0 Å². The summed E-state index contributed by atoms with van der Waals surface area (Å²) >= 11 is 5.96. The van der Waals surface area contributed by atoms with Gasteiger partial charge in [0.25, 0.3) is 0 Å². The van der Waals surface area contributed by atoms with Crippen molar-refractivity contribution in [3.63, 3.8) is 0 Å². The largest absolute Gasteiger partial charge is 0.465 e. The SMILES string of the molecule is CCCCCOC(=O)[C@@H](C)NP(=O)(OCC(OF)C(O)C1CC1n1cnc2c(N)nc(Cl)nc21)Oc1cccc2ccccc12. The number of carbonyl (C=O) groups excluding carboxylic acids is 1. The maximum absolute atomic E-state index is 14.1. The molecular weight excluding hydrogens is 630 g/mol. The molecule has 1 aliphatic carbocycles. The van der Waals surface area contributed by atoms with E-state index in [-0.39, 0.29) is 29.5 Å². The minimum Gasteiger partial charge on any atom is -0.465 e. The van der Waals surface area contributed by atoms with E-state index >= 15 is 0 Å². The van der Waals surface area contributed by atoms with Gasteiger partial charge in [0.2, 0.25) is 5.28 Å². The number of nitrogens with zero attached hydrogens (tertiary/aromatic N) is 4. The number of unbranched alkanes of at least 4 members (excludes halogenated alkanes) is 2. The topological polar surface area (TPSA) is 173 Å². The molecule has 0 saturated heterocycles. The molecule has 2 heterocycles. The van der Waals surface area contributed by atoms with Gasteiger partial charge in [-0.05, 0) is 47.3 Å². The van der Waals surface area contributed by atoms with E-state index in [0.717, 1.165) is 18.2 Å². The molecule has 4 N–H and O–H groups in total. The number of nitrogen functional groups attached to an aromatic ring is 1. The number of nitrogens with one attached hydrogen (secondary N) is 1. The number of nitrogens with two attached hydrogens (primary N) is 1. The van der Waals surface area contributed by atoms with Crippen LogP contribution in [-0.4, -0.2) is 62.1 Å². The number of benzene rings is 2. The highest BCUT2D eigenvalue weighted by molar-refractivity contribution is 7.52. The molecule has 0 bridgehead atoms. The average Bonchev–Trinajstić information content (AvgIpc) is 3.70. The molecule has 242 valence electrons. The van der Waals surface area contributed by atoms with Crippen molar-refractivity contribution in [2.24, 2.45) is 5.92 Å². The molecule has 1 saturated carbocycles. The molecule has 2 aromatic carbocycles. The number of rotatable bonds is 16. The minimum atomic E-state index is -4.39. The van der Waals surface area contributed by atoms with Gasteiger partial charge in [0, 0.05) is 17.3 Å². The van der Waals surface area contributed by atoms with Gasteiger partial charge in [0.1, 0.15) is 23.4 Å². The number of imidazole rings is 1. The first-order chi connectivity index (χ1) is 21.6. The summed E-state index contributed by atoms with van der Waals surface area (Å²) in [4.78, 5) is 29.0. The van der Waals surface area contributed by atoms with Crippen molar-refractivity contribution in [2.75, 3.05) is 18.9 Å². The van der Waals surface area contributed by atoms with Crippen LogP contribution in [0.2, 0.25) is 5.28 Å². The van der Waals surface area contributed by atoms with Gasteiger partial charge in [0.05, 0.1) is 25.6 Å². The van der Waals surface area contributed by atoms with E-state index in [0.29, 0.717) is 29.4 Å². The fourth-order valence-corrected chi connectivity index (χ4v) is 6.79. The van der Waals surface area contributed by atoms with Gasteiger partial charge in [-0.2, -0.15) is 20.0 Å². The predicted molar refractivity (Wildman–Crippen MR) is 165 cm³/mol. The number of anilines is 1. The van der Waals surface area contributed by atoms with Crippen LogP contribution >= 0.6 is 19.3 Å². The van der Waals surface area contributed by atoms with E-state index in [1.807, 2.05) is 25.1 Å². The second-order valence-corrected chi connectivity index (χ2v) is 12.9. The lowest BCUT2D eigenvalue weighted by Crippen LogP contribution is -2.38. The summed E-state index contributed by atoms with van der Waals surface area (Å²) in [6, 6.07) is 11.0. The van der Waals surface area contributed by atoms with Crippen LogP contribution in [0.1, 0.15) is 45.6 Å². The van der Waals surface area contributed by atoms with E-state index in [1.54, 1.807) is 28.8 Å². The van der Waals surface area contributed by atoms with Crippen molar-refractivity contribution < 1.29 is 37.7 Å². The van der Waals surface area contributed by atoms with Crippen molar-refractivity contribution in [2.45, 2.75) is 63.8 Å². The average molecular weight is 665 g/mol. The van der Waals surface area contributed by atoms with Gasteiger partial charge in [-0.15, -0.1) is 0 Å². The van der Waals surface area contributed by atoms with Gasteiger partial charge in [0.15, 0.2) is 11.5 Å². The zero-order valence-electron chi connectivity index (χ0n) is 24.7. The molecule has 1 fully saturated rings. The molecule has 45 heavy (non-hydrogen) atoms. The number of hydrogen-bond acceptors (Lipinski definition) is 11. The summed E-state index contributed by atoms with van der Waals surface area (Å²) in [6.07, 6.45) is 1.51. The van der Waals surface area contributed by atoms with Crippen LogP contribution in [0.5, 0.6) is 5.75 Å². The van der Waals surface area contributed by atoms with E-state index in [2.05, 4.69) is 25.0 Å². The highest BCUT2D eigenvalue weighted by atomic mass is 35.5. The Balaban J connectivity index is 1.31. The smallest absolute Gasteiger partial charge is 0.459 e. The Labute approximate surface area is 263 Å². The zero-order chi connectivity index (χ0) is 32.1. The van der Waals surface area contributed by atoms with Gasteiger partial charge >= 0.3 is 13.7 Å². The standard InChI is InChI=1S/C29H35ClFN6O7P/c1-3-4-7-13-41-28(39)17(2)36-45(40,44-22-12-8-10-18-9-5-6-11-19(18)22)42-15-23(43-31)25(38)20-14-21(20)37-16-33-24-26(32)34-29(30)35-27(24)37/h5-6,8-12,16-17,20-21,23,25,38H,3-4,7,13-15H2,1-2H3,(H,36,40)(H2,32,34,35)/t17-,20?,21?,23?,25?,45?/m1/s1. The van der Waals surface area contributed by atoms with Crippen molar-refractivity contribution in [3.8, 4) is 5.75 Å². The summed E-state index contributed by atoms with van der Waals surface area (Å²) in [6.45, 7) is 3.01. The van der Waals surface area contributed by atoms with Crippen LogP contribution < -0.4 is 15.3 Å². The van der Waals surface area contributed by atoms with Crippen LogP contribution in [0, 0.1) is 5.92 Å². The van der Waals surface area contributed by atoms with Gasteiger partial charge in [-0.1, -0.05) is 56.2 Å². The molecule has 4 aromatic rings. The van der Waals surface area contributed by atoms with Crippen LogP contribution in [-0.2, 0) is 23.6 Å². The number of aliphatic hydroxyl groups excluding tert-OH is 1. The molecule has 13 nitrogen and oxygen atoms in total. The molecule has 0 amide bonds. The Morgan fingerprint density at radius 2 is 2.02 bits per heavy atom. The Kier molecular flexibility index (Phi) is 10.5. The van der Waals surface area contributed by atoms with Gasteiger partial charge in [-0.3, -0.25) is 9.32 Å². The molecule has 0 radical (unpaired) electrons. The predicted octanol–water partition coefficient (Wildman–Crippen LogP) is 5.32. The Bertz CT molecular complexity index is 1690. The molecule has 16 heteroatoms. The monoisotopic (exact) mass is 664 g/mol. The number of aliphatic hydroxyl groups is 1. The number of ether oxygens (including phenoxy) is 1. The van der Waals surface area contributed by atoms with E-state index in [4.69, 9.17) is 31.1 Å². The van der Waals surface area contributed by atoms with Crippen LogP contribution in [0.3, 0.4) is 0 Å². The van der Waals surface area contributed by atoms with Crippen molar-refractivity contribution in [3.05, 3.63) is 54.1 Å². The summed E-state index contributed by atoms with van der Waals surface area (Å²) in [5, 5.41) is 15.0. The molecule has 0 spiro atoms. The third-order valence-corrected chi connectivity index (χ3v) is 9.39. The Morgan fingerprint density at radius 1 is 1.24 bits per heavy atom. The van der Waals surface area contributed by atoms with Crippen molar-refractivity contribution >= 4 is 53.1 Å². The van der Waals surface area contributed by atoms with E-state index in [9.17, 15) is 19.0 Å². The Hall–Kier alpha value is -3.39. The summed E-state index contributed by atoms with van der Waals surface area (Å²) in [7, 11) is -4.39. The molecule has 5 unspecified atom stereocenters. The Morgan fingerprint density at radius 3 is 2.80 bits per heavy atom. The third-order valence-electron chi connectivity index (χ3n) is 7.59. The van der Waals surface area contributed by atoms with Gasteiger partial charge in [-0.25, -0.2) is 9.55 Å². The van der Waals surface area contributed by atoms with Crippen LogP contribution in [0.15, 0.2) is 48.8 Å². The summed E-state index contributed by atoms with van der Waals surface area (Å²) in [5.41, 5.74) is 6.60. The highest BCUT2D eigenvalue weighted by Gasteiger charge is 2.49. The maximum Gasteiger partial charge on any atom is 0.459 e. The fourth-order valence-electron chi connectivity index (χ4n) is 5.10. The lowest BCUT2D eigenvalue weighted by molar-refractivity contribution is -0.220. The summed E-state index contributed by atoms with van der Waals surface area (Å²) < 4.78 is 46.5. The molecule has 6 atom stereocenters. The van der Waals surface area contributed by atoms with E-state index < -0.39 is 44.5 Å². The minimum absolute atomic E-state index is 0.0635. The van der Waals surface area contributed by atoms with Crippen molar-refractivity contribution in [1.82, 2.24) is 24.6 Å². The fraction of sp³-hybridized carbons (Fsp3) is 0.448. The number of halogens is 2. The number of fused-ring (bicyclic) bond motifs is 2. The molecule has 2 aromatic heterocycles. The lowest BCUT2D eigenvalue weighted by atomic mass is 10.1. The highest BCUT2D eigenvalue weighted by Crippen LogP contribution is 2.50. The first-order valence-electron chi connectivity index (χ1n) is 14.6. The molecule has 0 aliphatic heterocycles. The normalized spacial score (nSPS) is 19.6. The summed E-state index contributed by atoms with van der Waals surface area (Å²) in [5.74, 6) is -0.842. The number of carbonyl (C=O) groups is 1. The molecule has 5 rings (SSSR count). The molecular formula is C29H35ClFN6O7P. The number of esters is 1. The lowest BCUT2D eigenvalue weighted by Gasteiger charge is -2.26. The second kappa shape index (κ2) is 14.4. The maximum atomic E-state index is 14.1. The van der Waals surface area contributed by atoms with Crippen LogP contribution in [0.4, 0.5) is 10.3 Å². The first-order valence-corrected chi connectivity index (χ1v) is 16.5.